The smallest absolute Gasteiger partial charge is 0.220 e. The highest BCUT2D eigenvalue weighted by atomic mass is 16.7. The molecular formula is C80H133NO13. The third kappa shape index (κ3) is 45.4. The second kappa shape index (κ2) is 62.4. The molecule has 0 aromatic heterocycles. The molecule has 2 aliphatic rings. The van der Waals surface area contributed by atoms with Gasteiger partial charge in [0.15, 0.2) is 12.6 Å². The van der Waals surface area contributed by atoms with E-state index in [4.69, 9.17) is 18.9 Å². The highest BCUT2D eigenvalue weighted by molar-refractivity contribution is 5.76. The maximum Gasteiger partial charge on any atom is 0.220 e. The normalized spacial score (nSPS) is 23.3. The Morgan fingerprint density at radius 1 is 0.394 bits per heavy atom. The Labute approximate surface area is 570 Å². The highest BCUT2D eigenvalue weighted by Crippen LogP contribution is 2.30. The van der Waals surface area contributed by atoms with Crippen molar-refractivity contribution in [1.82, 2.24) is 5.32 Å². The van der Waals surface area contributed by atoms with Crippen LogP contribution in [0.2, 0.25) is 0 Å². The van der Waals surface area contributed by atoms with Crippen LogP contribution in [0.1, 0.15) is 258 Å². The van der Waals surface area contributed by atoms with E-state index < -0.39 is 86.8 Å². The average Bonchev–Trinajstić information content (AvgIpc) is 0.794. The lowest BCUT2D eigenvalue weighted by atomic mass is 9.97. The molecule has 2 fully saturated rings. The highest BCUT2D eigenvalue weighted by Gasteiger charge is 2.51. The molecule has 14 nitrogen and oxygen atoms in total. The van der Waals surface area contributed by atoms with Crippen LogP contribution in [-0.2, 0) is 23.7 Å². The van der Waals surface area contributed by atoms with Crippen molar-refractivity contribution in [3.05, 3.63) is 146 Å². The summed E-state index contributed by atoms with van der Waals surface area (Å²) in [5.74, 6) is -0.252. The third-order valence-electron chi connectivity index (χ3n) is 17.1. The quantitative estimate of drug-likeness (QED) is 0.0204. The molecule has 1 amide bonds. The molecular weight excluding hydrogens is 1180 g/mol. The maximum atomic E-state index is 13.3. The van der Waals surface area contributed by atoms with E-state index in [9.17, 15) is 45.6 Å². The molecule has 2 aliphatic heterocycles. The summed E-state index contributed by atoms with van der Waals surface area (Å²) < 4.78 is 22.9. The largest absolute Gasteiger partial charge is 0.394 e. The minimum absolute atomic E-state index is 0.240. The van der Waals surface area contributed by atoms with Gasteiger partial charge in [-0.15, -0.1) is 0 Å². The van der Waals surface area contributed by atoms with Crippen molar-refractivity contribution in [2.75, 3.05) is 19.8 Å². The van der Waals surface area contributed by atoms with Crippen molar-refractivity contribution in [2.24, 2.45) is 0 Å². The Morgan fingerprint density at radius 3 is 1.11 bits per heavy atom. The second-order valence-electron chi connectivity index (χ2n) is 25.3. The third-order valence-corrected chi connectivity index (χ3v) is 17.1. The Balaban J connectivity index is 1.68. The van der Waals surface area contributed by atoms with Crippen LogP contribution in [0.5, 0.6) is 0 Å². The molecule has 94 heavy (non-hydrogen) atoms. The lowest BCUT2D eigenvalue weighted by molar-refractivity contribution is -0.359. The van der Waals surface area contributed by atoms with Gasteiger partial charge in [-0.3, -0.25) is 4.79 Å². The van der Waals surface area contributed by atoms with Crippen LogP contribution >= 0.6 is 0 Å². The van der Waals surface area contributed by atoms with Crippen LogP contribution in [-0.4, -0.2) is 140 Å². The Morgan fingerprint density at radius 2 is 0.734 bits per heavy atom. The molecule has 0 spiro atoms. The van der Waals surface area contributed by atoms with Gasteiger partial charge in [0, 0.05) is 6.42 Å². The molecule has 0 radical (unpaired) electrons. The molecule has 0 saturated carbocycles. The zero-order valence-corrected chi connectivity index (χ0v) is 58.4. The molecule has 2 saturated heterocycles. The summed E-state index contributed by atoms with van der Waals surface area (Å²) in [4.78, 5) is 13.3. The lowest BCUT2D eigenvalue weighted by Gasteiger charge is -2.46. The van der Waals surface area contributed by atoms with Gasteiger partial charge in [-0.2, -0.15) is 0 Å². The van der Waals surface area contributed by atoms with E-state index in [1.54, 1.807) is 0 Å². The number of nitrogens with one attached hydrogen (secondary N) is 1. The van der Waals surface area contributed by atoms with Gasteiger partial charge in [0.05, 0.1) is 32.0 Å². The van der Waals surface area contributed by atoms with Crippen LogP contribution in [0, 0.1) is 0 Å². The van der Waals surface area contributed by atoms with Crippen LogP contribution in [0.25, 0.3) is 0 Å². The lowest BCUT2D eigenvalue weighted by Crippen LogP contribution is -2.65. The van der Waals surface area contributed by atoms with Crippen LogP contribution in [0.3, 0.4) is 0 Å². The van der Waals surface area contributed by atoms with Gasteiger partial charge in [-0.1, -0.05) is 295 Å². The van der Waals surface area contributed by atoms with E-state index in [2.05, 4.69) is 165 Å². The summed E-state index contributed by atoms with van der Waals surface area (Å²) >= 11 is 0. The molecule has 536 valence electrons. The fourth-order valence-corrected chi connectivity index (χ4v) is 11.2. The van der Waals surface area contributed by atoms with Gasteiger partial charge in [-0.25, -0.2) is 0 Å². The second-order valence-corrected chi connectivity index (χ2v) is 25.3. The zero-order valence-electron chi connectivity index (χ0n) is 58.4. The fraction of sp³-hybridized carbons (Fsp3) is 0.688. The first-order chi connectivity index (χ1) is 46.1. The van der Waals surface area contributed by atoms with E-state index in [0.717, 1.165) is 116 Å². The fourth-order valence-electron chi connectivity index (χ4n) is 11.2. The number of carbonyl (C=O) groups is 1. The van der Waals surface area contributed by atoms with Gasteiger partial charge in [0.25, 0.3) is 0 Å². The van der Waals surface area contributed by atoms with E-state index in [1.807, 2.05) is 0 Å². The van der Waals surface area contributed by atoms with Gasteiger partial charge < -0.3 is 65.1 Å². The average molecular weight is 1320 g/mol. The maximum absolute atomic E-state index is 13.3. The summed E-state index contributed by atoms with van der Waals surface area (Å²) in [6.45, 7) is 2.73. The van der Waals surface area contributed by atoms with Crippen molar-refractivity contribution in [3.8, 4) is 0 Å². The van der Waals surface area contributed by atoms with Crippen molar-refractivity contribution in [1.29, 1.82) is 0 Å². The zero-order chi connectivity index (χ0) is 68.0. The molecule has 12 unspecified atom stereocenters. The molecule has 0 aromatic carbocycles. The first-order valence-electron chi connectivity index (χ1n) is 37.1. The number of rotatable bonds is 59. The summed E-state index contributed by atoms with van der Waals surface area (Å²) in [5, 5.41) is 87.6. The summed E-state index contributed by atoms with van der Waals surface area (Å²) in [6, 6.07) is -0.865. The van der Waals surface area contributed by atoms with Crippen molar-refractivity contribution in [2.45, 2.75) is 331 Å². The van der Waals surface area contributed by atoms with Gasteiger partial charge in [0.1, 0.15) is 48.8 Å². The van der Waals surface area contributed by atoms with E-state index in [-0.39, 0.29) is 18.9 Å². The van der Waals surface area contributed by atoms with Crippen molar-refractivity contribution >= 4 is 5.91 Å². The van der Waals surface area contributed by atoms with Gasteiger partial charge >= 0.3 is 0 Å². The molecule has 14 heteroatoms. The van der Waals surface area contributed by atoms with Crippen LogP contribution in [0.4, 0.5) is 0 Å². The summed E-state index contributed by atoms with van der Waals surface area (Å²) in [7, 11) is 0. The molecule has 0 bridgehead atoms. The van der Waals surface area contributed by atoms with Crippen molar-refractivity contribution in [3.63, 3.8) is 0 Å². The van der Waals surface area contributed by atoms with Crippen molar-refractivity contribution < 1.29 is 64.6 Å². The van der Waals surface area contributed by atoms with Gasteiger partial charge in [-0.05, 0) is 103 Å². The van der Waals surface area contributed by atoms with E-state index in [1.165, 1.54) is 109 Å². The number of aliphatic hydroxyl groups excluding tert-OH is 8. The first kappa shape index (κ1) is 86.0. The Hall–Kier alpha value is -4.13. The SMILES string of the molecule is CC/C=C\C/C=C\C/C=C\C/C=C\C/C=C\C/C=C\C/C=C\C/C=C\C/C=C\C/C=C\C/C=C\C/C=C\CCCCC(=O)NC(COC1OC(CO)C(OC2OC(CO)C(O)C(O)C2O)C(O)C1O)C(O)CCCCCCCCCCCCCCCCCCCCCCC. The number of carbonyl (C=O) groups excluding carboxylic acids is 1. The molecule has 2 heterocycles. The number of amides is 1. The number of hydrogen-bond donors (Lipinski definition) is 9. The molecule has 9 N–H and O–H groups in total. The summed E-state index contributed by atoms with van der Waals surface area (Å²) in [6.07, 6.45) is 77.2. The first-order valence-corrected chi connectivity index (χ1v) is 37.1. The topological polar surface area (TPSA) is 228 Å². The van der Waals surface area contributed by atoms with Crippen LogP contribution in [0.15, 0.2) is 146 Å². The number of allylic oxidation sites excluding steroid dienone is 24. The van der Waals surface area contributed by atoms with E-state index in [0.29, 0.717) is 12.8 Å². The minimum atomic E-state index is -1.79. The van der Waals surface area contributed by atoms with Gasteiger partial charge in [0.2, 0.25) is 5.91 Å². The molecule has 2 rings (SSSR count). The number of ether oxygens (including phenoxy) is 4. The molecule has 0 aromatic rings. The van der Waals surface area contributed by atoms with Crippen LogP contribution < -0.4 is 5.32 Å². The Bertz CT molecular complexity index is 2140. The predicted octanol–water partition coefficient (Wildman–Crippen LogP) is 16.0. The monoisotopic (exact) mass is 1320 g/mol. The minimum Gasteiger partial charge on any atom is -0.394 e. The number of unbranched alkanes of at least 4 members (excludes halogenated alkanes) is 22. The molecule has 12 atom stereocenters. The predicted molar refractivity (Wildman–Crippen MR) is 387 cm³/mol. The number of hydrogen-bond acceptors (Lipinski definition) is 13. The molecule has 0 aliphatic carbocycles. The van der Waals surface area contributed by atoms with E-state index >= 15 is 0 Å². The Kier molecular flexibility index (Phi) is 57.1. The standard InChI is InChI=1S/C80H133NO13/c1-3-5-7-9-11-13-15-17-19-21-23-25-26-27-28-29-30-31-32-33-34-35-36-37-38-39-40-41-42-44-46-48-50-52-54-56-58-60-62-64-72(85)81-68(69(84)63-61-59-57-55-53-51-49-47-45-43-24-22-20-18-16-14-12-10-8-6-4-2)67-91-79-77(90)75(88)78(71(66-83)93-79)94-80-76(89)74(87)73(86)70(65-82)92-80/h5,7,11,13,17,19,23,25,27-28,30-31,33-34,36-37,39-40,42,44,48,50,54,56,68-71,73-80,82-84,86-90H,3-4,6,8-10,12,14-16,18,20-22,24,26,29,32,35,38,41,43,45-47,49,51-53,55,57-67H2,1-2H3,(H,81,85)/b7-5-,13-11-,19-17-,25-23-,28-27-,31-30-,34-33-,37-36-,40-39-,44-42-,50-48-,56-54-. The summed E-state index contributed by atoms with van der Waals surface area (Å²) in [5.41, 5.74) is 0. The number of aliphatic hydroxyl groups is 8.